The molecule has 0 radical (unpaired) electrons. The maximum atomic E-state index is 5.56. The molecule has 0 unspecified atom stereocenters. The number of aromatic nitrogens is 4. The molecule has 1 aliphatic rings. The van der Waals surface area contributed by atoms with Crippen molar-refractivity contribution in [2.75, 3.05) is 51.8 Å². The number of rotatable bonds is 7. The van der Waals surface area contributed by atoms with Crippen LogP contribution in [0, 0.1) is 0 Å². The highest BCUT2D eigenvalue weighted by Gasteiger charge is 2.18. The molecule has 1 saturated heterocycles. The predicted octanol–water partition coefficient (Wildman–Crippen LogP) is 5.32. The van der Waals surface area contributed by atoms with Gasteiger partial charge in [0.1, 0.15) is 23.1 Å². The fourth-order valence-corrected chi connectivity index (χ4v) is 5.16. The zero-order valence-electron chi connectivity index (χ0n) is 21.5. The van der Waals surface area contributed by atoms with E-state index >= 15 is 0 Å². The van der Waals surface area contributed by atoms with Crippen LogP contribution in [0.25, 0.3) is 44.8 Å². The number of benzene rings is 3. The number of hydrogen-bond donors (Lipinski definition) is 2. The number of H-pyrrole nitrogens is 2. The van der Waals surface area contributed by atoms with Gasteiger partial charge in [0.15, 0.2) is 0 Å². The molecule has 0 amide bonds. The molecule has 2 N–H and O–H groups in total. The summed E-state index contributed by atoms with van der Waals surface area (Å²) in [7, 11) is 3.31. The van der Waals surface area contributed by atoms with Gasteiger partial charge in [0.25, 0.3) is 0 Å². The van der Waals surface area contributed by atoms with Gasteiger partial charge in [-0.1, -0.05) is 6.92 Å². The molecule has 5 aromatic rings. The van der Waals surface area contributed by atoms with Gasteiger partial charge in [0.05, 0.1) is 41.8 Å². The summed E-state index contributed by atoms with van der Waals surface area (Å²) in [5.74, 6) is 3.06. The van der Waals surface area contributed by atoms with Gasteiger partial charge in [-0.15, -0.1) is 0 Å². The van der Waals surface area contributed by atoms with Gasteiger partial charge in [0, 0.05) is 37.4 Å². The lowest BCUT2D eigenvalue weighted by atomic mass is 10.2. The Hall–Kier alpha value is -4.04. The van der Waals surface area contributed by atoms with Crippen molar-refractivity contribution in [3.8, 4) is 34.3 Å². The molecule has 1 aliphatic heterocycles. The van der Waals surface area contributed by atoms with Crippen molar-refractivity contribution in [2.24, 2.45) is 0 Å². The number of nitrogens with one attached hydrogen (secondary N) is 2. The van der Waals surface area contributed by atoms with Gasteiger partial charge in [0.2, 0.25) is 0 Å². The van der Waals surface area contributed by atoms with Gasteiger partial charge in [-0.25, -0.2) is 9.97 Å². The highest BCUT2D eigenvalue weighted by atomic mass is 16.5. The predicted molar refractivity (Wildman–Crippen MR) is 149 cm³/mol. The van der Waals surface area contributed by atoms with Crippen LogP contribution in [0.3, 0.4) is 0 Å². The van der Waals surface area contributed by atoms with Crippen LogP contribution in [-0.2, 0) is 0 Å². The number of imidazole rings is 2. The van der Waals surface area contributed by atoms with Crippen LogP contribution >= 0.6 is 0 Å². The van der Waals surface area contributed by atoms with E-state index in [1.54, 1.807) is 14.2 Å². The molecule has 190 valence electrons. The lowest BCUT2D eigenvalue weighted by Crippen LogP contribution is -2.46. The summed E-state index contributed by atoms with van der Waals surface area (Å²) >= 11 is 0. The van der Waals surface area contributed by atoms with Crippen LogP contribution in [0.2, 0.25) is 0 Å². The highest BCUT2D eigenvalue weighted by Crippen LogP contribution is 2.34. The number of hydrogen-bond acceptors (Lipinski definition) is 6. The summed E-state index contributed by atoms with van der Waals surface area (Å²) in [5.41, 5.74) is 6.94. The standard InChI is InChI=1S/C29H32N6O2/c1-4-11-34-12-14-35(15-13-34)20-6-9-24-26(17-20)32-28(30-24)19-5-8-23-25(16-19)33-29(31-23)22-18-21(36-2)7-10-27(22)37-3/h5-10,16-18H,4,11-15H2,1-3H3,(H,30,32)(H,31,33). The number of fused-ring (bicyclic) bond motifs is 2. The van der Waals surface area contributed by atoms with Crippen LogP contribution in [0.5, 0.6) is 11.5 Å². The average molecular weight is 497 g/mol. The van der Waals surface area contributed by atoms with E-state index in [0.29, 0.717) is 0 Å². The number of anilines is 1. The fourth-order valence-electron chi connectivity index (χ4n) is 5.16. The molecule has 3 heterocycles. The third kappa shape index (κ3) is 4.49. The van der Waals surface area contributed by atoms with Crippen molar-refractivity contribution in [1.82, 2.24) is 24.8 Å². The first-order chi connectivity index (χ1) is 18.1. The maximum absolute atomic E-state index is 5.56. The van der Waals surface area contributed by atoms with E-state index in [1.165, 1.54) is 18.7 Å². The van der Waals surface area contributed by atoms with Crippen LogP contribution in [0.1, 0.15) is 13.3 Å². The number of ether oxygens (including phenoxy) is 2. The van der Waals surface area contributed by atoms with Gasteiger partial charge in [-0.3, -0.25) is 4.90 Å². The lowest BCUT2D eigenvalue weighted by molar-refractivity contribution is 0.258. The minimum Gasteiger partial charge on any atom is -0.497 e. The maximum Gasteiger partial charge on any atom is 0.142 e. The van der Waals surface area contributed by atoms with E-state index in [2.05, 4.69) is 57.0 Å². The second-order valence-electron chi connectivity index (χ2n) is 9.50. The third-order valence-electron chi connectivity index (χ3n) is 7.16. The molecule has 1 fully saturated rings. The molecule has 3 aromatic carbocycles. The molecule has 6 rings (SSSR count). The summed E-state index contributed by atoms with van der Waals surface area (Å²) in [6.45, 7) is 7.79. The number of nitrogens with zero attached hydrogens (tertiary/aromatic N) is 4. The zero-order valence-corrected chi connectivity index (χ0v) is 21.5. The second-order valence-corrected chi connectivity index (χ2v) is 9.50. The second kappa shape index (κ2) is 9.78. The van der Waals surface area contributed by atoms with Gasteiger partial charge in [-0.2, -0.15) is 0 Å². The molecule has 8 nitrogen and oxygen atoms in total. The summed E-state index contributed by atoms with van der Waals surface area (Å²) < 4.78 is 11.0. The van der Waals surface area contributed by atoms with E-state index in [-0.39, 0.29) is 0 Å². The van der Waals surface area contributed by atoms with Crippen LogP contribution < -0.4 is 14.4 Å². The molecule has 0 spiro atoms. The molecule has 0 aliphatic carbocycles. The Morgan fingerprint density at radius 2 is 1.51 bits per heavy atom. The third-order valence-corrected chi connectivity index (χ3v) is 7.16. The quantitative estimate of drug-likeness (QED) is 0.317. The fraction of sp³-hybridized carbons (Fsp3) is 0.310. The Balaban J connectivity index is 1.28. The molecule has 8 heteroatoms. The molecule has 37 heavy (non-hydrogen) atoms. The molecule has 2 aromatic heterocycles. The van der Waals surface area contributed by atoms with Crippen molar-refractivity contribution in [1.29, 1.82) is 0 Å². The lowest BCUT2D eigenvalue weighted by Gasteiger charge is -2.36. The van der Waals surface area contributed by atoms with Crippen LogP contribution in [0.4, 0.5) is 5.69 Å². The molecular formula is C29H32N6O2. The molecule has 0 saturated carbocycles. The smallest absolute Gasteiger partial charge is 0.142 e. The Labute approximate surface area is 216 Å². The zero-order chi connectivity index (χ0) is 25.4. The number of piperazine rings is 1. The first-order valence-corrected chi connectivity index (χ1v) is 12.8. The average Bonchev–Trinajstić information content (AvgIpc) is 3.56. The van der Waals surface area contributed by atoms with Gasteiger partial charge in [-0.05, 0) is 67.6 Å². The van der Waals surface area contributed by atoms with E-state index in [4.69, 9.17) is 19.4 Å². The highest BCUT2D eigenvalue weighted by molar-refractivity contribution is 5.87. The molecule has 0 atom stereocenters. The van der Waals surface area contributed by atoms with Crippen molar-refractivity contribution in [3.05, 3.63) is 54.6 Å². The minimum absolute atomic E-state index is 0.733. The Morgan fingerprint density at radius 3 is 2.27 bits per heavy atom. The van der Waals surface area contributed by atoms with E-state index in [1.807, 2.05) is 24.3 Å². The Morgan fingerprint density at radius 1 is 0.784 bits per heavy atom. The van der Waals surface area contributed by atoms with Crippen molar-refractivity contribution < 1.29 is 9.47 Å². The Kier molecular flexibility index (Phi) is 6.18. The summed E-state index contributed by atoms with van der Waals surface area (Å²) in [6, 6.07) is 18.4. The first-order valence-electron chi connectivity index (χ1n) is 12.8. The number of aromatic amines is 2. The Bertz CT molecular complexity index is 1550. The van der Waals surface area contributed by atoms with Crippen molar-refractivity contribution in [3.63, 3.8) is 0 Å². The molecular weight excluding hydrogens is 464 g/mol. The van der Waals surface area contributed by atoms with E-state index in [9.17, 15) is 0 Å². The van der Waals surface area contributed by atoms with Gasteiger partial charge < -0.3 is 24.3 Å². The van der Waals surface area contributed by atoms with Crippen molar-refractivity contribution >= 4 is 27.8 Å². The first kappa shape index (κ1) is 23.4. The summed E-state index contributed by atoms with van der Waals surface area (Å²) in [5, 5.41) is 0. The molecule has 0 bridgehead atoms. The largest absolute Gasteiger partial charge is 0.497 e. The monoisotopic (exact) mass is 496 g/mol. The SMILES string of the molecule is CCCN1CCN(c2ccc3nc(-c4ccc5nc(-c6cc(OC)ccc6OC)[nH]c5c4)[nH]c3c2)CC1. The minimum atomic E-state index is 0.733. The number of methoxy groups -OCH3 is 2. The normalized spacial score (nSPS) is 14.5. The van der Waals surface area contributed by atoms with Gasteiger partial charge >= 0.3 is 0 Å². The van der Waals surface area contributed by atoms with E-state index in [0.717, 1.165) is 82.5 Å². The van der Waals surface area contributed by atoms with Crippen LogP contribution in [0.15, 0.2) is 54.6 Å². The van der Waals surface area contributed by atoms with Crippen molar-refractivity contribution in [2.45, 2.75) is 13.3 Å². The van der Waals surface area contributed by atoms with Crippen LogP contribution in [-0.4, -0.2) is 71.8 Å². The summed E-state index contributed by atoms with van der Waals surface area (Å²) in [6.07, 6.45) is 1.21. The van der Waals surface area contributed by atoms with E-state index < -0.39 is 0 Å². The topological polar surface area (TPSA) is 82.3 Å². The summed E-state index contributed by atoms with van der Waals surface area (Å²) in [4.78, 5) is 21.7.